The number of benzene rings is 3. The highest BCUT2D eigenvalue weighted by atomic mass is 16.2. The highest BCUT2D eigenvalue weighted by Gasteiger charge is 2.42. The van der Waals surface area contributed by atoms with Gasteiger partial charge in [0.25, 0.3) is 0 Å². The molecule has 0 radical (unpaired) electrons. The van der Waals surface area contributed by atoms with Crippen LogP contribution in [0.25, 0.3) is 0 Å². The molecule has 0 spiro atoms. The van der Waals surface area contributed by atoms with Crippen molar-refractivity contribution < 1.29 is 14.4 Å². The van der Waals surface area contributed by atoms with Crippen molar-refractivity contribution in [2.75, 3.05) is 32.7 Å². The van der Waals surface area contributed by atoms with Gasteiger partial charge in [-0.1, -0.05) is 91.0 Å². The van der Waals surface area contributed by atoms with Crippen molar-refractivity contribution in [3.63, 3.8) is 0 Å². The summed E-state index contributed by atoms with van der Waals surface area (Å²) >= 11 is 0. The summed E-state index contributed by atoms with van der Waals surface area (Å²) in [6.45, 7) is 2.98. The Balaban J connectivity index is 1.32. The Morgan fingerprint density at radius 2 is 1.37 bits per heavy atom. The molecule has 3 aromatic carbocycles. The first kappa shape index (κ1) is 28.6. The van der Waals surface area contributed by atoms with Crippen LogP contribution in [0.3, 0.4) is 0 Å². The largest absolute Gasteiger partial charge is 0.354 e. The average Bonchev–Trinajstić information content (AvgIpc) is 3.54. The summed E-state index contributed by atoms with van der Waals surface area (Å²) in [6, 6.07) is 29.8. The highest BCUT2D eigenvalue weighted by molar-refractivity contribution is 5.91. The molecule has 214 valence electrons. The van der Waals surface area contributed by atoms with E-state index in [4.69, 9.17) is 0 Å². The van der Waals surface area contributed by atoms with E-state index >= 15 is 0 Å². The fourth-order valence-electron chi connectivity index (χ4n) is 6.34. The van der Waals surface area contributed by atoms with Crippen LogP contribution in [0.1, 0.15) is 48.8 Å². The molecule has 7 nitrogen and oxygen atoms in total. The maximum Gasteiger partial charge on any atom is 0.243 e. The molecular formula is C34H40N4O3. The van der Waals surface area contributed by atoms with Crippen molar-refractivity contribution in [1.29, 1.82) is 0 Å². The van der Waals surface area contributed by atoms with Crippen molar-refractivity contribution >= 4 is 17.7 Å². The van der Waals surface area contributed by atoms with E-state index < -0.39 is 11.5 Å². The molecule has 5 rings (SSSR count). The molecule has 2 fully saturated rings. The molecule has 0 saturated carbocycles. The molecule has 0 aliphatic carbocycles. The zero-order valence-corrected chi connectivity index (χ0v) is 23.6. The zero-order chi connectivity index (χ0) is 28.5. The van der Waals surface area contributed by atoms with Crippen LogP contribution in [0, 0.1) is 5.92 Å². The fraction of sp³-hybridized carbons (Fsp3) is 0.382. The van der Waals surface area contributed by atoms with Gasteiger partial charge in [-0.15, -0.1) is 0 Å². The van der Waals surface area contributed by atoms with Crippen LogP contribution in [0.4, 0.5) is 0 Å². The molecule has 3 aromatic rings. The van der Waals surface area contributed by atoms with Crippen molar-refractivity contribution in [2.24, 2.45) is 5.92 Å². The van der Waals surface area contributed by atoms with Crippen LogP contribution in [-0.4, -0.2) is 61.4 Å². The van der Waals surface area contributed by atoms with Crippen LogP contribution in [0.5, 0.6) is 0 Å². The van der Waals surface area contributed by atoms with Crippen molar-refractivity contribution in [2.45, 2.75) is 43.6 Å². The summed E-state index contributed by atoms with van der Waals surface area (Å²) in [6.07, 6.45) is 3.73. The van der Waals surface area contributed by atoms with Crippen molar-refractivity contribution in [3.8, 4) is 0 Å². The first-order chi connectivity index (χ1) is 20.1. The summed E-state index contributed by atoms with van der Waals surface area (Å²) in [5.74, 6) is -0.120. The Hall–Kier alpha value is -3.97. The van der Waals surface area contributed by atoms with Gasteiger partial charge in [0.15, 0.2) is 0 Å². The van der Waals surface area contributed by atoms with Crippen molar-refractivity contribution in [3.05, 3.63) is 108 Å². The molecule has 0 aromatic heterocycles. The van der Waals surface area contributed by atoms with Gasteiger partial charge in [-0.05, 0) is 61.4 Å². The van der Waals surface area contributed by atoms with E-state index in [1.54, 1.807) is 4.90 Å². The predicted octanol–water partition coefficient (Wildman–Crippen LogP) is 3.63. The smallest absolute Gasteiger partial charge is 0.243 e. The Labute approximate surface area is 242 Å². The molecule has 2 aliphatic rings. The van der Waals surface area contributed by atoms with E-state index in [1.165, 1.54) is 0 Å². The van der Waals surface area contributed by atoms with Crippen LogP contribution in [0.2, 0.25) is 0 Å². The topological polar surface area (TPSA) is 90.5 Å². The molecule has 7 heteroatoms. The quantitative estimate of drug-likeness (QED) is 0.335. The molecule has 2 aliphatic heterocycles. The molecular weight excluding hydrogens is 512 g/mol. The number of carbonyl (C=O) groups is 3. The Kier molecular flexibility index (Phi) is 9.47. The lowest BCUT2D eigenvalue weighted by molar-refractivity contribution is -0.139. The third-order valence-electron chi connectivity index (χ3n) is 8.50. The average molecular weight is 553 g/mol. The lowest BCUT2D eigenvalue weighted by atomic mass is 9.67. The number of rotatable bonds is 10. The first-order valence-electron chi connectivity index (χ1n) is 14.8. The molecule has 2 heterocycles. The van der Waals surface area contributed by atoms with E-state index in [0.29, 0.717) is 25.4 Å². The second kappa shape index (κ2) is 13.6. The van der Waals surface area contributed by atoms with Crippen LogP contribution < -0.4 is 16.0 Å². The Bertz CT molecular complexity index is 1200. The van der Waals surface area contributed by atoms with Crippen LogP contribution in [0.15, 0.2) is 91.0 Å². The fourth-order valence-corrected chi connectivity index (χ4v) is 6.34. The summed E-state index contributed by atoms with van der Waals surface area (Å²) in [5, 5.41) is 9.09. The van der Waals surface area contributed by atoms with Crippen molar-refractivity contribution in [1.82, 2.24) is 20.9 Å². The number of amides is 3. The normalized spacial score (nSPS) is 19.0. The van der Waals surface area contributed by atoms with Gasteiger partial charge in [0.05, 0.1) is 12.0 Å². The minimum Gasteiger partial charge on any atom is -0.354 e. The number of nitrogens with zero attached hydrogens (tertiary/aromatic N) is 1. The van der Waals surface area contributed by atoms with Crippen LogP contribution in [-0.2, 0) is 19.8 Å². The third kappa shape index (κ3) is 6.68. The molecule has 41 heavy (non-hydrogen) atoms. The number of piperidine rings is 1. The summed E-state index contributed by atoms with van der Waals surface area (Å²) in [4.78, 5) is 41.6. The Morgan fingerprint density at radius 1 is 0.780 bits per heavy atom. The molecule has 2 saturated heterocycles. The predicted molar refractivity (Wildman–Crippen MR) is 160 cm³/mol. The maximum atomic E-state index is 14.2. The Morgan fingerprint density at radius 3 is 1.90 bits per heavy atom. The monoisotopic (exact) mass is 552 g/mol. The molecule has 0 bridgehead atoms. The molecule has 0 unspecified atom stereocenters. The van der Waals surface area contributed by atoms with E-state index in [0.717, 1.165) is 49.0 Å². The van der Waals surface area contributed by atoms with Gasteiger partial charge < -0.3 is 20.9 Å². The second-order valence-corrected chi connectivity index (χ2v) is 11.2. The van der Waals surface area contributed by atoms with E-state index in [9.17, 15) is 14.4 Å². The lowest BCUT2D eigenvalue weighted by Crippen LogP contribution is -2.50. The molecule has 3 amide bonds. The number of nitrogens with one attached hydrogen (secondary N) is 3. The standard InChI is InChI=1S/C34H40N4O3/c39-31(36-24-26-12-10-20-35-23-26)25-37-33(41)30-19-11-21-38(30)32(40)22-34(27-13-4-1-5-14-27,28-15-6-2-7-16-28)29-17-8-3-9-18-29/h1-9,13-18,26,30,35H,10-12,19-25H2,(H,36,39)(H,37,41)/t26-,30-/m0/s1. The van der Waals surface area contributed by atoms with Gasteiger partial charge in [0.1, 0.15) is 6.04 Å². The number of hydrogen-bond acceptors (Lipinski definition) is 4. The number of hydrogen-bond donors (Lipinski definition) is 3. The number of carbonyl (C=O) groups excluding carboxylic acids is 3. The second-order valence-electron chi connectivity index (χ2n) is 11.2. The van der Waals surface area contributed by atoms with Gasteiger partial charge >= 0.3 is 0 Å². The first-order valence-corrected chi connectivity index (χ1v) is 14.8. The molecule has 2 atom stereocenters. The minimum atomic E-state index is -0.724. The summed E-state index contributed by atoms with van der Waals surface area (Å²) in [5.41, 5.74) is 2.35. The van der Waals surface area contributed by atoms with Gasteiger partial charge in [-0.25, -0.2) is 0 Å². The summed E-state index contributed by atoms with van der Waals surface area (Å²) in [7, 11) is 0. The van der Waals surface area contributed by atoms with E-state index in [2.05, 4.69) is 52.3 Å². The minimum absolute atomic E-state index is 0.0755. The maximum absolute atomic E-state index is 14.2. The SMILES string of the molecule is O=C(CNC(=O)[C@@H]1CCCN1C(=O)CC(c1ccccc1)(c1ccccc1)c1ccccc1)NC[C@H]1CCCNC1. The number of likely N-dealkylation sites (tertiary alicyclic amines) is 1. The highest BCUT2D eigenvalue weighted by Crippen LogP contribution is 2.43. The molecule has 3 N–H and O–H groups in total. The van der Waals surface area contributed by atoms with Gasteiger partial charge in [-0.2, -0.15) is 0 Å². The van der Waals surface area contributed by atoms with E-state index in [-0.39, 0.29) is 30.7 Å². The van der Waals surface area contributed by atoms with E-state index in [1.807, 2.05) is 54.6 Å². The van der Waals surface area contributed by atoms with Gasteiger partial charge in [-0.3, -0.25) is 14.4 Å². The van der Waals surface area contributed by atoms with Gasteiger partial charge in [0, 0.05) is 19.5 Å². The summed E-state index contributed by atoms with van der Waals surface area (Å²) < 4.78 is 0. The van der Waals surface area contributed by atoms with Gasteiger partial charge in [0.2, 0.25) is 17.7 Å². The van der Waals surface area contributed by atoms with Crippen LogP contribution >= 0.6 is 0 Å². The zero-order valence-electron chi connectivity index (χ0n) is 23.6. The lowest BCUT2D eigenvalue weighted by Gasteiger charge is -2.37. The third-order valence-corrected chi connectivity index (χ3v) is 8.50.